The molecule has 0 unspecified atom stereocenters. The Hall–Kier alpha value is -2.86. The predicted molar refractivity (Wildman–Crippen MR) is 132 cm³/mol. The molecule has 0 radical (unpaired) electrons. The summed E-state index contributed by atoms with van der Waals surface area (Å²) in [6.45, 7) is 9.20. The van der Waals surface area contributed by atoms with Crippen molar-refractivity contribution in [3.05, 3.63) is 59.9 Å². The van der Waals surface area contributed by atoms with Gasteiger partial charge >= 0.3 is 0 Å². The number of ether oxygens (including phenoxy) is 1. The second kappa shape index (κ2) is 10.8. The first-order valence-corrected chi connectivity index (χ1v) is 12.2. The molecule has 0 bridgehead atoms. The van der Waals surface area contributed by atoms with Crippen LogP contribution in [-0.4, -0.2) is 58.5 Å². The first-order chi connectivity index (χ1) is 16.1. The summed E-state index contributed by atoms with van der Waals surface area (Å²) < 4.78 is 7.63. The van der Waals surface area contributed by atoms with Crippen LogP contribution in [0.2, 0.25) is 0 Å². The number of amides is 1. The Bertz CT molecular complexity index is 1060. The van der Waals surface area contributed by atoms with Crippen LogP contribution < -0.4 is 4.74 Å². The third-order valence-electron chi connectivity index (χ3n) is 6.64. The van der Waals surface area contributed by atoms with Crippen LogP contribution in [0.1, 0.15) is 44.5 Å². The number of carbonyl (C=O) groups is 1. The summed E-state index contributed by atoms with van der Waals surface area (Å²) in [4.78, 5) is 22.5. The molecule has 0 aliphatic carbocycles. The Morgan fingerprint density at radius 3 is 2.64 bits per heavy atom. The number of benzene rings is 2. The quantitative estimate of drug-likeness (QED) is 0.481. The lowest BCUT2D eigenvalue weighted by molar-refractivity contribution is -0.137. The molecule has 0 N–H and O–H groups in total. The second-order valence-electron chi connectivity index (χ2n) is 8.94. The van der Waals surface area contributed by atoms with Crippen LogP contribution in [0.4, 0.5) is 0 Å². The molecule has 6 heteroatoms. The highest BCUT2D eigenvalue weighted by molar-refractivity contribution is 5.79. The van der Waals surface area contributed by atoms with E-state index in [-0.39, 0.29) is 5.92 Å². The van der Waals surface area contributed by atoms with Gasteiger partial charge in [0.1, 0.15) is 11.6 Å². The van der Waals surface area contributed by atoms with Gasteiger partial charge in [-0.25, -0.2) is 4.98 Å². The molecule has 1 amide bonds. The minimum atomic E-state index is 0.0877. The van der Waals surface area contributed by atoms with Gasteiger partial charge < -0.3 is 14.2 Å². The second-order valence-corrected chi connectivity index (χ2v) is 8.94. The highest BCUT2D eigenvalue weighted by Crippen LogP contribution is 2.24. The number of aromatic nitrogens is 2. The van der Waals surface area contributed by atoms with Crippen molar-refractivity contribution in [2.75, 3.05) is 33.3 Å². The Kier molecular flexibility index (Phi) is 7.65. The monoisotopic (exact) mass is 448 g/mol. The van der Waals surface area contributed by atoms with Crippen LogP contribution >= 0.6 is 0 Å². The van der Waals surface area contributed by atoms with Gasteiger partial charge in [0, 0.05) is 26.2 Å². The molecule has 1 fully saturated rings. The minimum Gasteiger partial charge on any atom is -0.497 e. The molecule has 1 aliphatic rings. The highest BCUT2D eigenvalue weighted by Gasteiger charge is 2.29. The maximum Gasteiger partial charge on any atom is 0.226 e. The van der Waals surface area contributed by atoms with E-state index in [0.717, 1.165) is 81.1 Å². The van der Waals surface area contributed by atoms with Gasteiger partial charge in [0.05, 0.1) is 30.6 Å². The fourth-order valence-electron chi connectivity index (χ4n) is 4.89. The van der Waals surface area contributed by atoms with E-state index in [1.165, 1.54) is 5.56 Å². The lowest BCUT2D eigenvalue weighted by Gasteiger charge is -2.34. The number of likely N-dealkylation sites (tertiary alicyclic amines) is 1. The number of methoxy groups -OCH3 is 1. The SMILES string of the molecule is CCCN(CC)C(=O)[C@@H]1CCCN(Cc2nc3ccccc3n2Cc2ccc(OC)cc2)C1. The predicted octanol–water partition coefficient (Wildman–Crippen LogP) is 4.56. The fraction of sp³-hybridized carbons (Fsp3) is 0.481. The zero-order valence-electron chi connectivity index (χ0n) is 20.2. The molecule has 0 saturated carbocycles. The van der Waals surface area contributed by atoms with Crippen LogP contribution in [0, 0.1) is 5.92 Å². The standard InChI is InChI=1S/C27H36N4O2/c1-4-16-30(5-2)27(32)22-9-8-17-29(19-22)20-26-28-24-10-6-7-11-25(24)31(26)18-21-12-14-23(33-3)15-13-21/h6-7,10-15,22H,4-5,8-9,16-20H2,1-3H3/t22-/m1/s1. The molecule has 4 rings (SSSR count). The van der Waals surface area contributed by atoms with E-state index in [9.17, 15) is 4.79 Å². The summed E-state index contributed by atoms with van der Waals surface area (Å²) in [5.41, 5.74) is 3.38. The van der Waals surface area contributed by atoms with E-state index in [1.54, 1.807) is 7.11 Å². The van der Waals surface area contributed by atoms with Crippen molar-refractivity contribution in [2.45, 2.75) is 46.2 Å². The van der Waals surface area contributed by atoms with Gasteiger partial charge in [0.25, 0.3) is 0 Å². The van der Waals surface area contributed by atoms with Gasteiger partial charge in [-0.15, -0.1) is 0 Å². The number of fused-ring (bicyclic) bond motifs is 1. The minimum absolute atomic E-state index is 0.0877. The molecule has 176 valence electrons. The summed E-state index contributed by atoms with van der Waals surface area (Å²) in [6.07, 6.45) is 3.04. The number of hydrogen-bond donors (Lipinski definition) is 0. The molecule has 1 aromatic heterocycles. The molecule has 3 aromatic rings. The van der Waals surface area contributed by atoms with E-state index in [0.29, 0.717) is 5.91 Å². The van der Waals surface area contributed by atoms with Gasteiger partial charge in [-0.2, -0.15) is 0 Å². The Balaban J connectivity index is 1.54. The van der Waals surface area contributed by atoms with Crippen molar-refractivity contribution >= 4 is 16.9 Å². The molecular weight excluding hydrogens is 412 g/mol. The maximum absolute atomic E-state index is 13.1. The van der Waals surface area contributed by atoms with Crippen molar-refractivity contribution in [1.82, 2.24) is 19.4 Å². The van der Waals surface area contributed by atoms with Crippen LogP contribution in [0.5, 0.6) is 5.75 Å². The average Bonchev–Trinajstić information content (AvgIpc) is 3.19. The van der Waals surface area contributed by atoms with Crippen LogP contribution in [-0.2, 0) is 17.9 Å². The number of imidazole rings is 1. The highest BCUT2D eigenvalue weighted by atomic mass is 16.5. The number of nitrogens with zero attached hydrogens (tertiary/aromatic N) is 4. The zero-order chi connectivity index (χ0) is 23.2. The first-order valence-electron chi connectivity index (χ1n) is 12.2. The van der Waals surface area contributed by atoms with Crippen molar-refractivity contribution in [3.8, 4) is 5.75 Å². The van der Waals surface area contributed by atoms with E-state index in [1.807, 2.05) is 23.1 Å². The smallest absolute Gasteiger partial charge is 0.226 e. The third-order valence-corrected chi connectivity index (χ3v) is 6.64. The maximum atomic E-state index is 13.1. The molecule has 6 nitrogen and oxygen atoms in total. The molecule has 2 heterocycles. The number of rotatable bonds is 9. The topological polar surface area (TPSA) is 50.6 Å². The lowest BCUT2D eigenvalue weighted by atomic mass is 9.96. The molecule has 0 spiro atoms. The van der Waals surface area contributed by atoms with E-state index >= 15 is 0 Å². The largest absolute Gasteiger partial charge is 0.497 e. The van der Waals surface area contributed by atoms with Crippen molar-refractivity contribution in [2.24, 2.45) is 5.92 Å². The van der Waals surface area contributed by atoms with Crippen molar-refractivity contribution < 1.29 is 9.53 Å². The normalized spacial score (nSPS) is 16.8. The summed E-state index contributed by atoms with van der Waals surface area (Å²) in [7, 11) is 1.69. The zero-order valence-corrected chi connectivity index (χ0v) is 20.2. The van der Waals surface area contributed by atoms with Gasteiger partial charge in [-0.3, -0.25) is 9.69 Å². The first kappa shape index (κ1) is 23.3. The lowest BCUT2D eigenvalue weighted by Crippen LogP contribution is -2.45. The van der Waals surface area contributed by atoms with Crippen molar-refractivity contribution in [3.63, 3.8) is 0 Å². The molecule has 1 aliphatic heterocycles. The number of para-hydroxylation sites is 2. The fourth-order valence-corrected chi connectivity index (χ4v) is 4.89. The summed E-state index contributed by atoms with van der Waals surface area (Å²) in [6, 6.07) is 16.6. The summed E-state index contributed by atoms with van der Waals surface area (Å²) in [5, 5.41) is 0. The number of hydrogen-bond acceptors (Lipinski definition) is 4. The Morgan fingerprint density at radius 2 is 1.91 bits per heavy atom. The molecule has 1 saturated heterocycles. The number of carbonyl (C=O) groups excluding carboxylic acids is 1. The Morgan fingerprint density at radius 1 is 1.12 bits per heavy atom. The molecule has 2 aromatic carbocycles. The van der Waals surface area contributed by atoms with Crippen LogP contribution in [0.15, 0.2) is 48.5 Å². The third kappa shape index (κ3) is 5.38. The molecule has 1 atom stereocenters. The van der Waals surface area contributed by atoms with Crippen LogP contribution in [0.25, 0.3) is 11.0 Å². The molecule has 33 heavy (non-hydrogen) atoms. The average molecular weight is 449 g/mol. The number of piperidine rings is 1. The Labute approximate surface area is 197 Å². The van der Waals surface area contributed by atoms with Gasteiger partial charge in [0.15, 0.2) is 0 Å². The summed E-state index contributed by atoms with van der Waals surface area (Å²) >= 11 is 0. The van der Waals surface area contributed by atoms with E-state index in [2.05, 4.69) is 53.6 Å². The van der Waals surface area contributed by atoms with E-state index < -0.39 is 0 Å². The van der Waals surface area contributed by atoms with Gasteiger partial charge in [0.2, 0.25) is 5.91 Å². The van der Waals surface area contributed by atoms with Crippen molar-refractivity contribution in [1.29, 1.82) is 0 Å². The molecular formula is C27H36N4O2. The van der Waals surface area contributed by atoms with Gasteiger partial charge in [-0.1, -0.05) is 31.2 Å². The van der Waals surface area contributed by atoms with Crippen LogP contribution in [0.3, 0.4) is 0 Å². The van der Waals surface area contributed by atoms with E-state index in [4.69, 9.17) is 9.72 Å². The van der Waals surface area contributed by atoms with Gasteiger partial charge in [-0.05, 0) is 62.6 Å². The summed E-state index contributed by atoms with van der Waals surface area (Å²) in [5.74, 6) is 2.32.